The summed E-state index contributed by atoms with van der Waals surface area (Å²) in [7, 11) is 0. The molecule has 0 saturated carbocycles. The average molecular weight is 709 g/mol. The maximum Gasteiger partial charge on any atom is 0.109 e. The van der Waals surface area contributed by atoms with Crippen molar-refractivity contribution in [3.8, 4) is 20.9 Å². The second-order valence-corrected chi connectivity index (χ2v) is 16.3. The van der Waals surface area contributed by atoms with E-state index in [-0.39, 0.29) is 10.8 Å². The number of aromatic nitrogens is 2. The molecule has 2 aromatic heterocycles. The summed E-state index contributed by atoms with van der Waals surface area (Å²) in [6, 6.07) is 30.9. The van der Waals surface area contributed by atoms with Gasteiger partial charge in [0.2, 0.25) is 0 Å². The topological polar surface area (TPSA) is 25.8 Å². The predicted molar refractivity (Wildman–Crippen MR) is 194 cm³/mol. The van der Waals surface area contributed by atoms with Gasteiger partial charge in [-0.05, 0) is 68.1 Å². The van der Waals surface area contributed by atoms with E-state index in [1.807, 2.05) is 0 Å². The van der Waals surface area contributed by atoms with Gasteiger partial charge in [-0.2, -0.15) is 0 Å². The van der Waals surface area contributed by atoms with Crippen molar-refractivity contribution in [1.82, 2.24) is 9.97 Å². The second-order valence-electron chi connectivity index (χ2n) is 13.4. The lowest BCUT2D eigenvalue weighted by Crippen LogP contribution is -2.10. The number of thiophene rings is 1. The summed E-state index contributed by atoms with van der Waals surface area (Å²) in [6.45, 7) is 13.5. The van der Waals surface area contributed by atoms with Crippen molar-refractivity contribution in [3.05, 3.63) is 105 Å². The second kappa shape index (κ2) is 10.2. The van der Waals surface area contributed by atoms with Gasteiger partial charge < -0.3 is 0 Å². The van der Waals surface area contributed by atoms with Gasteiger partial charge >= 0.3 is 0 Å². The molecule has 0 aliphatic heterocycles. The van der Waals surface area contributed by atoms with E-state index in [1.54, 1.807) is 11.3 Å². The van der Waals surface area contributed by atoms with Gasteiger partial charge in [0.05, 0.1) is 20.8 Å². The molecular weight excluding hydrogens is 676 g/mol. The van der Waals surface area contributed by atoms with Gasteiger partial charge in [-0.3, -0.25) is 0 Å². The molecule has 0 N–H and O–H groups in total. The lowest BCUT2D eigenvalue weighted by atomic mass is 9.86. The van der Waals surface area contributed by atoms with Gasteiger partial charge in [-0.1, -0.05) is 134 Å². The highest BCUT2D eigenvalue weighted by molar-refractivity contribution is 9.10. The summed E-state index contributed by atoms with van der Waals surface area (Å²) in [5, 5.41) is 4.54. The maximum absolute atomic E-state index is 5.48. The molecule has 43 heavy (non-hydrogen) atoms. The lowest BCUT2D eigenvalue weighted by molar-refractivity contribution is 0.590. The molecule has 0 aliphatic carbocycles. The summed E-state index contributed by atoms with van der Waals surface area (Å²) in [4.78, 5) is 13.3. The van der Waals surface area contributed by atoms with Crippen LogP contribution in [0.1, 0.15) is 52.7 Å². The fourth-order valence-electron chi connectivity index (χ4n) is 5.85. The lowest BCUT2D eigenvalue weighted by Gasteiger charge is -2.19. The van der Waals surface area contributed by atoms with Crippen molar-refractivity contribution in [3.63, 3.8) is 0 Å². The molecule has 0 saturated heterocycles. The quantitative estimate of drug-likeness (QED) is 0.167. The van der Waals surface area contributed by atoms with Crippen LogP contribution in [0.25, 0.3) is 64.5 Å². The Hall–Kier alpha value is -3.12. The Kier molecular flexibility index (Phi) is 6.81. The third-order valence-corrected chi connectivity index (χ3v) is 10.6. The van der Waals surface area contributed by atoms with Crippen LogP contribution in [0.5, 0.6) is 0 Å². The predicted octanol–water partition coefficient (Wildman–Crippen LogP) is 12.6. The number of hydrogen-bond acceptors (Lipinski definition) is 3. The Morgan fingerprint density at radius 1 is 0.465 bits per heavy atom. The van der Waals surface area contributed by atoms with E-state index in [2.05, 4.69) is 158 Å². The standard InChI is InChI=1S/C38H32Br2N2S/c1-37(2,3)23-11-7-21(8-12-23)35-33-34(36(43-35)22-9-13-24(14-10-22)38(4,5)6)42-32-28-18-16-26(40)20-30(28)29-19-25(39)15-17-27(29)31(32)41-33/h7-20H,1-6H3. The Bertz CT molecular complexity index is 2040. The smallest absolute Gasteiger partial charge is 0.109 e. The fraction of sp³-hybridized carbons (Fsp3) is 0.211. The molecule has 0 aliphatic rings. The Morgan fingerprint density at radius 3 is 1.19 bits per heavy atom. The summed E-state index contributed by atoms with van der Waals surface area (Å²) in [6.07, 6.45) is 0. The first-order valence-corrected chi connectivity index (χ1v) is 17.0. The number of hydrogen-bond donors (Lipinski definition) is 0. The summed E-state index contributed by atoms with van der Waals surface area (Å²) >= 11 is 9.20. The molecule has 0 bridgehead atoms. The zero-order valence-electron chi connectivity index (χ0n) is 25.1. The van der Waals surface area contributed by atoms with Crippen LogP contribution in [-0.2, 0) is 10.8 Å². The molecule has 0 radical (unpaired) electrons. The summed E-state index contributed by atoms with van der Waals surface area (Å²) in [5.74, 6) is 0. The molecule has 0 spiro atoms. The van der Waals surface area contributed by atoms with Crippen LogP contribution in [-0.4, -0.2) is 9.97 Å². The van der Waals surface area contributed by atoms with Crippen LogP contribution in [0.15, 0.2) is 93.9 Å². The molecule has 5 aromatic carbocycles. The first-order valence-electron chi connectivity index (χ1n) is 14.5. The van der Waals surface area contributed by atoms with Crippen LogP contribution in [0.2, 0.25) is 0 Å². The fourth-order valence-corrected chi connectivity index (χ4v) is 7.76. The number of nitrogens with zero attached hydrogens (tertiary/aromatic N) is 2. The van der Waals surface area contributed by atoms with Crippen molar-refractivity contribution in [2.45, 2.75) is 52.4 Å². The molecule has 0 unspecified atom stereocenters. The van der Waals surface area contributed by atoms with E-state index in [1.165, 1.54) is 22.3 Å². The van der Waals surface area contributed by atoms with Gasteiger partial charge in [0.25, 0.3) is 0 Å². The van der Waals surface area contributed by atoms with E-state index >= 15 is 0 Å². The monoisotopic (exact) mass is 706 g/mol. The van der Waals surface area contributed by atoms with Crippen LogP contribution in [0, 0.1) is 0 Å². The molecule has 0 fully saturated rings. The Labute approximate surface area is 273 Å². The van der Waals surface area contributed by atoms with Gasteiger partial charge in [-0.15, -0.1) is 11.3 Å². The van der Waals surface area contributed by atoms with Crippen molar-refractivity contribution in [2.75, 3.05) is 0 Å². The highest BCUT2D eigenvalue weighted by Crippen LogP contribution is 2.45. The Morgan fingerprint density at radius 2 is 0.837 bits per heavy atom. The van der Waals surface area contributed by atoms with Crippen molar-refractivity contribution in [1.29, 1.82) is 0 Å². The number of fused-ring (bicyclic) bond motifs is 7. The zero-order chi connectivity index (χ0) is 30.3. The molecule has 2 heterocycles. The number of benzene rings is 5. The molecular formula is C38H32Br2N2S. The SMILES string of the molecule is CC(C)(C)c1ccc(-c2sc(-c3ccc(C(C)(C)C)cc3)c3nc4c5ccc(Br)cc5c5cc(Br)ccc5c4nc23)cc1. The van der Waals surface area contributed by atoms with Crippen molar-refractivity contribution >= 4 is 86.8 Å². The average Bonchev–Trinajstić information content (AvgIpc) is 3.34. The molecule has 7 aromatic rings. The maximum atomic E-state index is 5.48. The van der Waals surface area contributed by atoms with Gasteiger partial charge in [0, 0.05) is 19.7 Å². The highest BCUT2D eigenvalue weighted by Gasteiger charge is 2.22. The molecule has 0 amide bonds. The molecule has 0 atom stereocenters. The first-order chi connectivity index (χ1) is 20.4. The molecule has 7 rings (SSSR count). The molecule has 214 valence electrons. The van der Waals surface area contributed by atoms with E-state index in [0.29, 0.717) is 0 Å². The van der Waals surface area contributed by atoms with Crippen LogP contribution < -0.4 is 0 Å². The van der Waals surface area contributed by atoms with E-state index < -0.39 is 0 Å². The van der Waals surface area contributed by atoms with Gasteiger partial charge in [-0.25, -0.2) is 9.97 Å². The first kappa shape index (κ1) is 28.6. The van der Waals surface area contributed by atoms with Gasteiger partial charge in [0.1, 0.15) is 11.0 Å². The highest BCUT2D eigenvalue weighted by atomic mass is 79.9. The summed E-state index contributed by atoms with van der Waals surface area (Å²) < 4.78 is 2.09. The van der Waals surface area contributed by atoms with Crippen LogP contribution >= 0.6 is 43.2 Å². The van der Waals surface area contributed by atoms with Crippen molar-refractivity contribution in [2.24, 2.45) is 0 Å². The Balaban J connectivity index is 1.58. The van der Waals surface area contributed by atoms with E-state index in [9.17, 15) is 0 Å². The third kappa shape index (κ3) is 5.00. The third-order valence-electron chi connectivity index (χ3n) is 8.32. The minimum Gasteiger partial charge on any atom is -0.242 e. The van der Waals surface area contributed by atoms with Crippen LogP contribution in [0.3, 0.4) is 0 Å². The minimum absolute atomic E-state index is 0.0925. The minimum atomic E-state index is 0.0925. The van der Waals surface area contributed by atoms with Gasteiger partial charge in [0.15, 0.2) is 0 Å². The largest absolute Gasteiger partial charge is 0.242 e. The zero-order valence-corrected chi connectivity index (χ0v) is 29.1. The number of rotatable bonds is 2. The van der Waals surface area contributed by atoms with E-state index in [0.717, 1.165) is 62.3 Å². The molecule has 5 heteroatoms. The summed E-state index contributed by atoms with van der Waals surface area (Å²) in [5.41, 5.74) is 8.95. The molecule has 2 nitrogen and oxygen atoms in total. The van der Waals surface area contributed by atoms with E-state index in [4.69, 9.17) is 9.97 Å². The normalized spacial score (nSPS) is 12.7. The van der Waals surface area contributed by atoms with Crippen molar-refractivity contribution < 1.29 is 0 Å². The number of halogens is 2. The van der Waals surface area contributed by atoms with Crippen LogP contribution in [0.4, 0.5) is 0 Å².